The zero-order chi connectivity index (χ0) is 25.7. The molecule has 1 aromatic carbocycles. The molecule has 3 heterocycles. The van der Waals surface area contributed by atoms with Gasteiger partial charge in [0.2, 0.25) is 27.8 Å². The molecule has 3 aromatic rings. The van der Waals surface area contributed by atoms with Gasteiger partial charge in [0.05, 0.1) is 10.6 Å². The van der Waals surface area contributed by atoms with Crippen LogP contribution < -0.4 is 16.0 Å². The zero-order valence-electron chi connectivity index (χ0n) is 20.6. The van der Waals surface area contributed by atoms with Crippen LogP contribution >= 0.6 is 11.8 Å². The van der Waals surface area contributed by atoms with Crippen LogP contribution in [0.15, 0.2) is 28.3 Å². The Morgan fingerprint density at radius 3 is 2.53 bits per heavy atom. The highest BCUT2D eigenvalue weighted by atomic mass is 32.2. The van der Waals surface area contributed by atoms with Crippen molar-refractivity contribution < 1.29 is 13.2 Å². The van der Waals surface area contributed by atoms with E-state index in [1.165, 1.54) is 22.1 Å². The van der Waals surface area contributed by atoms with Crippen molar-refractivity contribution in [2.45, 2.75) is 50.1 Å². The van der Waals surface area contributed by atoms with Gasteiger partial charge in [-0.1, -0.05) is 24.2 Å². The highest BCUT2D eigenvalue weighted by Gasteiger charge is 2.27. The van der Waals surface area contributed by atoms with Crippen molar-refractivity contribution >= 4 is 51.1 Å². The molecule has 194 valence electrons. The summed E-state index contributed by atoms with van der Waals surface area (Å²) >= 11 is 1.19. The minimum Gasteiger partial charge on any atom is -0.355 e. The lowest BCUT2D eigenvalue weighted by Crippen LogP contribution is -2.36. The fourth-order valence-electron chi connectivity index (χ4n) is 3.92. The van der Waals surface area contributed by atoms with Gasteiger partial charge < -0.3 is 16.0 Å². The molecule has 0 saturated carbocycles. The zero-order valence-corrected chi connectivity index (χ0v) is 22.2. The predicted molar refractivity (Wildman–Crippen MR) is 140 cm³/mol. The van der Waals surface area contributed by atoms with Crippen molar-refractivity contribution in [3.63, 3.8) is 0 Å². The Balaban J connectivity index is 1.47. The summed E-state index contributed by atoms with van der Waals surface area (Å²) in [4.78, 5) is 21.8. The summed E-state index contributed by atoms with van der Waals surface area (Å²) in [6.45, 7) is 8.01. The van der Waals surface area contributed by atoms with Gasteiger partial charge in [0.25, 0.3) is 5.78 Å². The number of aryl methyl sites for hydroxylation is 1. The molecule has 0 spiro atoms. The average molecular weight is 534 g/mol. The lowest BCUT2D eigenvalue weighted by molar-refractivity contribution is -0.113. The molecular weight excluding hydrogens is 502 g/mol. The summed E-state index contributed by atoms with van der Waals surface area (Å²) in [5.41, 5.74) is 1.08. The molecule has 0 unspecified atom stereocenters. The number of rotatable bonds is 10. The third-order valence-corrected chi connectivity index (χ3v) is 8.62. The van der Waals surface area contributed by atoms with Crippen LogP contribution in [0, 0.1) is 6.92 Å². The molecule has 1 aliphatic rings. The molecular formula is C22H31N9O3S2. The second kappa shape index (κ2) is 11.4. The fraction of sp³-hybridized carbons (Fsp3) is 0.500. The predicted octanol–water partition coefficient (Wildman–Crippen LogP) is 2.60. The van der Waals surface area contributed by atoms with E-state index in [0.717, 1.165) is 19.3 Å². The fourth-order valence-corrected chi connectivity index (χ4v) is 6.42. The van der Waals surface area contributed by atoms with Gasteiger partial charge in [-0.25, -0.2) is 12.8 Å². The van der Waals surface area contributed by atoms with E-state index in [9.17, 15) is 13.2 Å². The van der Waals surface area contributed by atoms with Crippen LogP contribution in [0.25, 0.3) is 5.78 Å². The first-order chi connectivity index (χ1) is 17.3. The number of sulfonamides is 1. The number of nitrogens with zero attached hydrogens (tertiary/aromatic N) is 6. The lowest BCUT2D eigenvalue weighted by Gasteiger charge is -2.26. The Labute approximate surface area is 214 Å². The van der Waals surface area contributed by atoms with E-state index in [0.29, 0.717) is 60.3 Å². The van der Waals surface area contributed by atoms with Gasteiger partial charge in [0.15, 0.2) is 5.16 Å². The number of fused-ring (bicyclic) bond motifs is 1. The highest BCUT2D eigenvalue weighted by molar-refractivity contribution is 7.99. The maximum Gasteiger partial charge on any atom is 0.261 e. The van der Waals surface area contributed by atoms with Crippen molar-refractivity contribution in [1.82, 2.24) is 28.9 Å². The molecule has 0 atom stereocenters. The largest absolute Gasteiger partial charge is 0.355 e. The third-order valence-electron chi connectivity index (χ3n) is 5.65. The first-order valence-electron chi connectivity index (χ1n) is 12.0. The third kappa shape index (κ3) is 5.71. The summed E-state index contributed by atoms with van der Waals surface area (Å²) in [5.74, 6) is 1.08. The SMILES string of the molecule is CCNc1nc(NCC)n2c(SCC(=O)Nc3ccc(C)c(S(=O)(=O)N4CCCCC4)c3)nnc2n1. The molecule has 36 heavy (non-hydrogen) atoms. The van der Waals surface area contributed by atoms with Crippen LogP contribution in [-0.2, 0) is 14.8 Å². The van der Waals surface area contributed by atoms with Crippen LogP contribution in [-0.4, -0.2) is 75.1 Å². The van der Waals surface area contributed by atoms with E-state index in [2.05, 4.69) is 36.1 Å². The van der Waals surface area contributed by atoms with Crippen molar-refractivity contribution in [3.05, 3.63) is 23.8 Å². The number of nitrogens with one attached hydrogen (secondary N) is 3. The minimum atomic E-state index is -3.61. The second-order valence-corrected chi connectivity index (χ2v) is 11.2. The normalized spacial score (nSPS) is 14.6. The van der Waals surface area contributed by atoms with Crippen LogP contribution in [0.5, 0.6) is 0 Å². The number of piperidine rings is 1. The minimum absolute atomic E-state index is 0.0450. The summed E-state index contributed by atoms with van der Waals surface area (Å²) in [5, 5.41) is 17.8. The van der Waals surface area contributed by atoms with E-state index in [1.54, 1.807) is 23.5 Å². The van der Waals surface area contributed by atoms with Gasteiger partial charge in [-0.3, -0.25) is 4.79 Å². The Morgan fingerprint density at radius 2 is 1.81 bits per heavy atom. The number of hydrogen-bond acceptors (Lipinski definition) is 10. The number of benzene rings is 1. The Kier molecular flexibility index (Phi) is 8.26. The van der Waals surface area contributed by atoms with E-state index in [1.807, 2.05) is 13.8 Å². The Morgan fingerprint density at radius 1 is 1.06 bits per heavy atom. The molecule has 2 aromatic heterocycles. The van der Waals surface area contributed by atoms with Crippen molar-refractivity contribution in [1.29, 1.82) is 0 Å². The summed E-state index contributed by atoms with van der Waals surface area (Å²) in [6.07, 6.45) is 2.76. The Bertz CT molecular complexity index is 1340. The van der Waals surface area contributed by atoms with E-state index in [4.69, 9.17) is 0 Å². The molecule has 0 bridgehead atoms. The molecule has 3 N–H and O–H groups in total. The number of thioether (sulfide) groups is 1. The maximum atomic E-state index is 13.2. The lowest BCUT2D eigenvalue weighted by atomic mass is 10.2. The first kappa shape index (κ1) is 26.1. The maximum absolute atomic E-state index is 13.2. The van der Waals surface area contributed by atoms with Gasteiger partial charge in [-0.15, -0.1) is 10.2 Å². The van der Waals surface area contributed by atoms with Crippen molar-refractivity contribution in [3.8, 4) is 0 Å². The molecule has 0 radical (unpaired) electrons. The monoisotopic (exact) mass is 533 g/mol. The molecule has 1 aliphatic heterocycles. The second-order valence-electron chi connectivity index (χ2n) is 8.33. The van der Waals surface area contributed by atoms with Gasteiger partial charge in [0, 0.05) is 31.9 Å². The van der Waals surface area contributed by atoms with E-state index < -0.39 is 10.0 Å². The van der Waals surface area contributed by atoms with Gasteiger partial charge in [-0.05, 0) is 51.3 Å². The van der Waals surface area contributed by atoms with Crippen molar-refractivity contribution in [2.75, 3.05) is 47.9 Å². The molecule has 1 amide bonds. The standard InChI is InChI=1S/C22H31N9O3S2/c1-4-23-19-26-20(24-5-2)31-21(27-19)28-29-22(31)35-14-18(32)25-16-10-9-15(3)17(13-16)36(33,34)30-11-7-6-8-12-30/h9-10,13H,4-8,11-12,14H2,1-3H3,(H,25,32)(H2,23,24,26,27,28). The molecule has 1 saturated heterocycles. The molecule has 0 aliphatic carbocycles. The van der Waals surface area contributed by atoms with Gasteiger partial charge in [-0.2, -0.15) is 14.3 Å². The van der Waals surface area contributed by atoms with Crippen LogP contribution in [0.2, 0.25) is 0 Å². The molecule has 1 fully saturated rings. The highest BCUT2D eigenvalue weighted by Crippen LogP contribution is 2.27. The topological polar surface area (TPSA) is 147 Å². The molecule has 12 nitrogen and oxygen atoms in total. The van der Waals surface area contributed by atoms with E-state index in [-0.39, 0.29) is 16.6 Å². The average Bonchev–Trinajstić information content (AvgIpc) is 3.28. The molecule has 14 heteroatoms. The first-order valence-corrected chi connectivity index (χ1v) is 14.4. The number of anilines is 3. The van der Waals surface area contributed by atoms with E-state index >= 15 is 0 Å². The van der Waals surface area contributed by atoms with Crippen LogP contribution in [0.1, 0.15) is 38.7 Å². The summed E-state index contributed by atoms with van der Waals surface area (Å²) < 4.78 is 29.5. The van der Waals surface area contributed by atoms with Crippen LogP contribution in [0.3, 0.4) is 0 Å². The van der Waals surface area contributed by atoms with Crippen molar-refractivity contribution in [2.24, 2.45) is 0 Å². The Hall–Kier alpha value is -2.97. The van der Waals surface area contributed by atoms with Crippen LogP contribution in [0.4, 0.5) is 17.6 Å². The number of hydrogen-bond donors (Lipinski definition) is 3. The van der Waals surface area contributed by atoms with Gasteiger partial charge >= 0.3 is 0 Å². The smallest absolute Gasteiger partial charge is 0.261 e. The summed E-state index contributed by atoms with van der Waals surface area (Å²) in [7, 11) is -3.61. The number of aromatic nitrogens is 5. The number of carbonyl (C=O) groups is 1. The number of carbonyl (C=O) groups excluding carboxylic acids is 1. The number of amides is 1. The summed E-state index contributed by atoms with van der Waals surface area (Å²) in [6, 6.07) is 4.96. The molecule has 4 rings (SSSR count). The quantitative estimate of drug-likeness (QED) is 0.332. The van der Waals surface area contributed by atoms with Gasteiger partial charge in [0.1, 0.15) is 0 Å².